The molecular weight excluding hydrogens is 634 g/mol. The van der Waals surface area contributed by atoms with Crippen molar-refractivity contribution in [2.75, 3.05) is 27.8 Å². The maximum atomic E-state index is 13.2. The number of rotatable bonds is 9. The number of methoxy groups -OCH3 is 2. The molecule has 0 aromatic heterocycles. The van der Waals surface area contributed by atoms with Crippen LogP contribution in [-0.2, 0) is 21.8 Å². The van der Waals surface area contributed by atoms with Crippen LogP contribution in [-0.4, -0.2) is 27.8 Å². The van der Waals surface area contributed by atoms with Gasteiger partial charge in [-0.3, -0.25) is 0 Å². The van der Waals surface area contributed by atoms with Crippen LogP contribution >= 0.6 is 0 Å². The first kappa shape index (κ1) is 32.9. The summed E-state index contributed by atoms with van der Waals surface area (Å²) in [5.41, 5.74) is 2.61. The Balaban J connectivity index is 1.52. The molecule has 0 saturated heterocycles. The molecule has 0 radical (unpaired) electrons. The predicted octanol–water partition coefficient (Wildman–Crippen LogP) is 11.0. The molecule has 48 heavy (non-hydrogen) atoms. The highest BCUT2D eigenvalue weighted by molar-refractivity contribution is 6.11. The van der Waals surface area contributed by atoms with Crippen molar-refractivity contribution in [3.05, 3.63) is 120 Å². The smallest absolute Gasteiger partial charge is 0.416 e. The lowest BCUT2D eigenvalue weighted by molar-refractivity contribution is -0.138. The van der Waals surface area contributed by atoms with Gasteiger partial charge in [0, 0.05) is 25.3 Å². The zero-order valence-corrected chi connectivity index (χ0v) is 25.7. The third-order valence-corrected chi connectivity index (χ3v) is 7.97. The van der Waals surface area contributed by atoms with Crippen molar-refractivity contribution in [2.45, 2.75) is 12.4 Å². The van der Waals surface area contributed by atoms with Gasteiger partial charge in [0.1, 0.15) is 11.5 Å². The van der Waals surface area contributed by atoms with Crippen LogP contribution in [0.25, 0.3) is 54.9 Å². The first-order valence-electron chi connectivity index (χ1n) is 14.7. The van der Waals surface area contributed by atoms with Gasteiger partial charge in [-0.2, -0.15) is 26.3 Å². The van der Waals surface area contributed by atoms with Crippen molar-refractivity contribution in [2.24, 2.45) is 0 Å². The van der Waals surface area contributed by atoms with Gasteiger partial charge in [-0.05, 0) is 92.3 Å². The van der Waals surface area contributed by atoms with E-state index in [1.165, 1.54) is 38.5 Å². The summed E-state index contributed by atoms with van der Waals surface area (Å²) >= 11 is 0. The van der Waals surface area contributed by atoms with Gasteiger partial charge < -0.3 is 18.9 Å². The largest absolute Gasteiger partial charge is 0.467 e. The Bertz CT molecular complexity index is 1920. The highest BCUT2D eigenvalue weighted by Gasteiger charge is 2.31. The van der Waals surface area contributed by atoms with E-state index in [4.69, 9.17) is 18.9 Å². The van der Waals surface area contributed by atoms with Crippen molar-refractivity contribution in [1.82, 2.24) is 0 Å². The molecule has 0 aliphatic heterocycles. The van der Waals surface area contributed by atoms with Gasteiger partial charge in [0.25, 0.3) is 0 Å². The van der Waals surface area contributed by atoms with E-state index in [-0.39, 0.29) is 13.6 Å². The third-order valence-electron chi connectivity index (χ3n) is 7.97. The van der Waals surface area contributed by atoms with E-state index in [9.17, 15) is 26.3 Å². The Morgan fingerprint density at radius 1 is 0.438 bits per heavy atom. The molecule has 0 atom stereocenters. The van der Waals surface area contributed by atoms with Crippen LogP contribution in [0.15, 0.2) is 109 Å². The Morgan fingerprint density at radius 3 is 1.12 bits per heavy atom. The van der Waals surface area contributed by atoms with Gasteiger partial charge in [-0.15, -0.1) is 0 Å². The van der Waals surface area contributed by atoms with Crippen molar-refractivity contribution in [1.29, 1.82) is 0 Å². The lowest BCUT2D eigenvalue weighted by Gasteiger charge is -2.20. The monoisotopic (exact) mass is 662 g/mol. The minimum atomic E-state index is -4.44. The zero-order valence-electron chi connectivity index (χ0n) is 25.7. The van der Waals surface area contributed by atoms with Gasteiger partial charge in [-0.1, -0.05) is 60.7 Å². The minimum Gasteiger partial charge on any atom is -0.467 e. The molecule has 246 valence electrons. The van der Waals surface area contributed by atoms with Crippen LogP contribution < -0.4 is 9.47 Å². The van der Waals surface area contributed by atoms with Crippen LogP contribution in [0.4, 0.5) is 26.3 Å². The summed E-state index contributed by atoms with van der Waals surface area (Å²) in [4.78, 5) is 0. The Hall–Kier alpha value is -5.06. The van der Waals surface area contributed by atoms with Gasteiger partial charge >= 0.3 is 12.4 Å². The SMILES string of the molecule is COCOc1ccc2cc(-c3ccc(C(F)(F)F)cc3)ccc2c1-c1c(OCOC)ccc2cc(-c3ccc(C(F)(F)F)cc3)ccc12. The third kappa shape index (κ3) is 6.67. The average Bonchev–Trinajstić information content (AvgIpc) is 3.08. The number of alkyl halides is 6. The van der Waals surface area contributed by atoms with E-state index in [1.54, 1.807) is 12.1 Å². The van der Waals surface area contributed by atoms with Crippen molar-refractivity contribution in [3.8, 4) is 44.9 Å². The normalized spacial score (nSPS) is 12.1. The summed E-state index contributed by atoms with van der Waals surface area (Å²) in [6, 6.07) is 28.5. The van der Waals surface area contributed by atoms with Gasteiger partial charge in [0.2, 0.25) is 0 Å². The molecule has 0 aliphatic rings. The van der Waals surface area contributed by atoms with Crippen molar-refractivity contribution >= 4 is 21.5 Å². The standard InChI is InChI=1S/C38H28F6O4/c1-45-21-47-33-17-9-27-19-25(23-3-11-29(12-4-23)37(39,40)41)7-15-31(27)35(33)36-32-16-8-26(20-28(32)10-18-34(36)48-22-46-2)24-5-13-30(14-6-24)38(42,43)44/h3-20H,21-22H2,1-2H3. The molecule has 6 aromatic rings. The lowest BCUT2D eigenvalue weighted by Crippen LogP contribution is -2.04. The zero-order chi connectivity index (χ0) is 34.1. The topological polar surface area (TPSA) is 36.9 Å². The number of benzene rings is 6. The average molecular weight is 663 g/mol. The van der Waals surface area contributed by atoms with E-state index in [1.807, 2.05) is 48.5 Å². The van der Waals surface area contributed by atoms with E-state index in [0.29, 0.717) is 33.8 Å². The molecule has 0 fully saturated rings. The summed E-state index contributed by atoms with van der Waals surface area (Å²) < 4.78 is 102. The first-order chi connectivity index (χ1) is 23.0. The summed E-state index contributed by atoms with van der Waals surface area (Å²) in [5.74, 6) is 0.987. The van der Waals surface area contributed by atoms with Crippen LogP contribution in [0.5, 0.6) is 11.5 Å². The van der Waals surface area contributed by atoms with Crippen LogP contribution in [0.1, 0.15) is 11.1 Å². The maximum Gasteiger partial charge on any atom is 0.416 e. The van der Waals surface area contributed by atoms with E-state index < -0.39 is 23.5 Å². The Labute approximate surface area is 272 Å². The Morgan fingerprint density at radius 2 is 0.792 bits per heavy atom. The minimum absolute atomic E-state index is 0.0424. The molecule has 0 saturated carbocycles. The molecule has 10 heteroatoms. The predicted molar refractivity (Wildman–Crippen MR) is 173 cm³/mol. The first-order valence-corrected chi connectivity index (χ1v) is 14.7. The molecule has 0 spiro atoms. The molecule has 6 aromatic carbocycles. The molecule has 0 N–H and O–H groups in total. The quantitative estimate of drug-likeness (QED) is 0.114. The summed E-state index contributed by atoms with van der Waals surface area (Å²) in [6.07, 6.45) is -8.87. The van der Waals surface area contributed by atoms with E-state index >= 15 is 0 Å². The molecule has 0 bridgehead atoms. The second-order valence-corrected chi connectivity index (χ2v) is 11.0. The summed E-state index contributed by atoms with van der Waals surface area (Å²) in [6.45, 7) is -0.0848. The fourth-order valence-electron chi connectivity index (χ4n) is 5.68. The highest BCUT2D eigenvalue weighted by atomic mass is 19.4. The summed E-state index contributed by atoms with van der Waals surface area (Å²) in [7, 11) is 3.01. The fraction of sp³-hybridized carbons (Fsp3) is 0.158. The van der Waals surface area contributed by atoms with Crippen LogP contribution in [0.3, 0.4) is 0 Å². The van der Waals surface area contributed by atoms with Gasteiger partial charge in [0.05, 0.1) is 11.1 Å². The molecule has 6 rings (SSSR count). The molecule has 0 heterocycles. The lowest BCUT2D eigenvalue weighted by atomic mass is 9.90. The molecule has 0 amide bonds. The fourth-order valence-corrected chi connectivity index (χ4v) is 5.68. The number of halogens is 6. The molecular formula is C38H28F6O4. The van der Waals surface area contributed by atoms with E-state index in [2.05, 4.69) is 0 Å². The van der Waals surface area contributed by atoms with Crippen LogP contribution in [0.2, 0.25) is 0 Å². The maximum absolute atomic E-state index is 13.2. The number of hydrogen-bond acceptors (Lipinski definition) is 4. The second kappa shape index (κ2) is 13.2. The second-order valence-electron chi connectivity index (χ2n) is 11.0. The van der Waals surface area contributed by atoms with Crippen LogP contribution in [0, 0.1) is 0 Å². The summed E-state index contributed by atoms with van der Waals surface area (Å²) in [5, 5.41) is 3.15. The molecule has 0 aliphatic carbocycles. The van der Waals surface area contributed by atoms with E-state index in [0.717, 1.165) is 56.9 Å². The Kier molecular flexibility index (Phi) is 9.05. The molecule has 4 nitrogen and oxygen atoms in total. The van der Waals surface area contributed by atoms with Crippen molar-refractivity contribution < 1.29 is 45.3 Å². The number of hydrogen-bond donors (Lipinski definition) is 0. The number of ether oxygens (including phenoxy) is 4. The van der Waals surface area contributed by atoms with Crippen molar-refractivity contribution in [3.63, 3.8) is 0 Å². The molecule has 0 unspecified atom stereocenters. The highest BCUT2D eigenvalue weighted by Crippen LogP contribution is 2.47. The van der Waals surface area contributed by atoms with Gasteiger partial charge in [0.15, 0.2) is 13.6 Å². The number of fused-ring (bicyclic) bond motifs is 2. The van der Waals surface area contributed by atoms with Gasteiger partial charge in [-0.25, -0.2) is 0 Å².